The van der Waals surface area contributed by atoms with Gasteiger partial charge in [0.1, 0.15) is 0 Å². The van der Waals surface area contributed by atoms with Crippen molar-refractivity contribution in [3.63, 3.8) is 0 Å². The number of amides is 2. The molecule has 1 saturated carbocycles. The maximum atomic E-state index is 12.5. The molecule has 0 bridgehead atoms. The quantitative estimate of drug-likeness (QED) is 0.740. The third kappa shape index (κ3) is 3.54. The van der Waals surface area contributed by atoms with Gasteiger partial charge < -0.3 is 16.0 Å². The second-order valence-corrected chi connectivity index (χ2v) is 7.80. The van der Waals surface area contributed by atoms with E-state index in [1.807, 2.05) is 6.33 Å². The van der Waals surface area contributed by atoms with Crippen molar-refractivity contribution < 1.29 is 9.59 Å². The minimum absolute atomic E-state index is 0.0186. The second kappa shape index (κ2) is 7.75. The molecule has 4 rings (SSSR count). The van der Waals surface area contributed by atoms with Gasteiger partial charge in [-0.1, -0.05) is 19.3 Å². The highest BCUT2D eigenvalue weighted by Crippen LogP contribution is 2.44. The number of nitrogens with two attached hydrogens (primary N) is 1. The number of nitrogens with one attached hydrogen (secondary N) is 2. The summed E-state index contributed by atoms with van der Waals surface area (Å²) in [6.07, 6.45) is 9.11. The van der Waals surface area contributed by atoms with Gasteiger partial charge in [0, 0.05) is 42.9 Å². The van der Waals surface area contributed by atoms with Gasteiger partial charge in [-0.05, 0) is 37.1 Å². The molecule has 1 fully saturated rings. The number of nitrogens with zero attached hydrogens (tertiary/aromatic N) is 2. The molecule has 1 aliphatic carbocycles. The predicted octanol–water partition coefficient (Wildman–Crippen LogP) is 2.55. The Hall–Kier alpha value is -2.67. The van der Waals surface area contributed by atoms with Gasteiger partial charge in [-0.25, -0.2) is 4.98 Å². The average Bonchev–Trinajstić information content (AvgIpc) is 3.19. The van der Waals surface area contributed by atoms with Crippen LogP contribution in [0.1, 0.15) is 60.3 Å². The van der Waals surface area contributed by atoms with Crippen LogP contribution < -0.4 is 11.1 Å². The first-order chi connectivity index (χ1) is 13.6. The van der Waals surface area contributed by atoms with E-state index in [1.165, 1.54) is 30.7 Å². The molecule has 2 amide bonds. The summed E-state index contributed by atoms with van der Waals surface area (Å²) >= 11 is 0. The number of anilines is 1. The van der Waals surface area contributed by atoms with Crippen molar-refractivity contribution in [3.05, 3.63) is 47.5 Å². The first-order valence-electron chi connectivity index (χ1n) is 10.1. The largest absolute Gasteiger partial charge is 0.366 e. The van der Waals surface area contributed by atoms with E-state index in [1.54, 1.807) is 24.3 Å². The van der Waals surface area contributed by atoms with Crippen molar-refractivity contribution >= 4 is 17.5 Å². The fourth-order valence-electron chi connectivity index (χ4n) is 4.72. The number of imidazole rings is 1. The van der Waals surface area contributed by atoms with Crippen LogP contribution in [0.25, 0.3) is 0 Å². The molecular weight excluding hydrogens is 354 g/mol. The Morgan fingerprint density at radius 2 is 1.93 bits per heavy atom. The maximum absolute atomic E-state index is 12.5. The monoisotopic (exact) mass is 381 g/mol. The van der Waals surface area contributed by atoms with Crippen molar-refractivity contribution in [2.75, 3.05) is 18.4 Å². The summed E-state index contributed by atoms with van der Waals surface area (Å²) in [5.74, 6) is -0.496. The molecule has 2 aromatic rings. The zero-order chi connectivity index (χ0) is 19.6. The van der Waals surface area contributed by atoms with Gasteiger partial charge in [0.05, 0.1) is 17.6 Å². The third-order valence-corrected chi connectivity index (χ3v) is 6.14. The van der Waals surface area contributed by atoms with Crippen LogP contribution in [0.15, 0.2) is 30.6 Å². The molecular formula is C21H27N5O2. The Labute approximate surface area is 164 Å². The fraction of sp³-hybridized carbons (Fsp3) is 0.476. The van der Waals surface area contributed by atoms with E-state index >= 15 is 0 Å². The number of fused-ring (bicyclic) bond motifs is 2. The number of hydrogen-bond donors (Lipinski definition) is 3. The molecule has 7 heteroatoms. The molecule has 1 aliphatic heterocycles. The Balaban J connectivity index is 1.41. The molecule has 4 N–H and O–H groups in total. The number of H-pyrrole nitrogens is 1. The molecule has 2 aliphatic rings. The molecule has 1 aromatic carbocycles. The number of primary amides is 1. The van der Waals surface area contributed by atoms with Gasteiger partial charge in [-0.2, -0.15) is 0 Å². The molecule has 0 radical (unpaired) electrons. The van der Waals surface area contributed by atoms with Crippen LogP contribution in [0.4, 0.5) is 5.69 Å². The van der Waals surface area contributed by atoms with Crippen molar-refractivity contribution in [1.29, 1.82) is 0 Å². The van der Waals surface area contributed by atoms with E-state index in [9.17, 15) is 9.59 Å². The minimum atomic E-state index is -0.474. The Kier molecular flexibility index (Phi) is 5.17. The zero-order valence-corrected chi connectivity index (χ0v) is 16.0. The Bertz CT molecular complexity index is 852. The van der Waals surface area contributed by atoms with Gasteiger partial charge in [-0.15, -0.1) is 0 Å². The Morgan fingerprint density at radius 1 is 1.18 bits per heavy atom. The molecule has 2 heterocycles. The third-order valence-electron chi connectivity index (χ3n) is 6.14. The highest BCUT2D eigenvalue weighted by molar-refractivity contribution is 5.94. The van der Waals surface area contributed by atoms with Crippen LogP contribution in [0, 0.1) is 0 Å². The number of aromatic nitrogens is 2. The van der Waals surface area contributed by atoms with Crippen LogP contribution >= 0.6 is 0 Å². The van der Waals surface area contributed by atoms with Crippen molar-refractivity contribution in [3.8, 4) is 0 Å². The average molecular weight is 381 g/mol. The van der Waals surface area contributed by atoms with E-state index in [0.29, 0.717) is 17.7 Å². The Morgan fingerprint density at radius 3 is 2.64 bits per heavy atom. The molecule has 1 spiro atoms. The van der Waals surface area contributed by atoms with Gasteiger partial charge >= 0.3 is 0 Å². The molecule has 28 heavy (non-hydrogen) atoms. The molecule has 0 saturated heterocycles. The number of rotatable bonds is 5. The lowest BCUT2D eigenvalue weighted by molar-refractivity contribution is -0.117. The number of carbonyl (C=O) groups is 2. The van der Waals surface area contributed by atoms with E-state index in [4.69, 9.17) is 5.73 Å². The van der Waals surface area contributed by atoms with Crippen LogP contribution in [0.5, 0.6) is 0 Å². The van der Waals surface area contributed by atoms with Crippen LogP contribution in [-0.4, -0.2) is 39.8 Å². The van der Waals surface area contributed by atoms with Gasteiger partial charge in [0.2, 0.25) is 11.8 Å². The van der Waals surface area contributed by atoms with Crippen molar-refractivity contribution in [2.45, 2.75) is 50.5 Å². The molecule has 0 atom stereocenters. The van der Waals surface area contributed by atoms with Crippen molar-refractivity contribution in [2.24, 2.45) is 5.73 Å². The van der Waals surface area contributed by atoms with E-state index in [0.717, 1.165) is 32.4 Å². The lowest BCUT2D eigenvalue weighted by Gasteiger charge is -2.48. The zero-order valence-electron chi connectivity index (χ0n) is 16.0. The minimum Gasteiger partial charge on any atom is -0.366 e. The SMILES string of the molecule is NC(=O)c1ccc(NC(=O)CCN2CCc3[nH]cnc3C23CCCCC3)cc1. The molecule has 1 aromatic heterocycles. The topological polar surface area (TPSA) is 104 Å². The number of benzene rings is 1. The standard InChI is InChI=1S/C21H27N5O2/c22-20(28)15-4-6-16(7-5-15)25-18(27)9-13-26-12-8-17-19(24-14-23-17)21(26)10-2-1-3-11-21/h4-7,14H,1-3,8-13H2,(H2,22,28)(H,23,24)(H,25,27). The summed E-state index contributed by atoms with van der Waals surface area (Å²) < 4.78 is 0. The number of carbonyl (C=O) groups excluding carboxylic acids is 2. The van der Waals surface area contributed by atoms with Gasteiger partial charge in [0.25, 0.3) is 0 Å². The molecule has 148 valence electrons. The van der Waals surface area contributed by atoms with Crippen LogP contribution in [-0.2, 0) is 16.8 Å². The van der Waals surface area contributed by atoms with Crippen molar-refractivity contribution in [1.82, 2.24) is 14.9 Å². The first-order valence-corrected chi connectivity index (χ1v) is 10.1. The van der Waals surface area contributed by atoms with E-state index < -0.39 is 5.91 Å². The van der Waals surface area contributed by atoms with Crippen LogP contribution in [0.2, 0.25) is 0 Å². The summed E-state index contributed by atoms with van der Waals surface area (Å²) in [6, 6.07) is 6.66. The molecule has 7 nitrogen and oxygen atoms in total. The van der Waals surface area contributed by atoms with Crippen LogP contribution in [0.3, 0.4) is 0 Å². The summed E-state index contributed by atoms with van der Waals surface area (Å²) in [7, 11) is 0. The number of aromatic amines is 1. The van der Waals surface area contributed by atoms with Gasteiger partial charge in [-0.3, -0.25) is 14.5 Å². The smallest absolute Gasteiger partial charge is 0.248 e. The first kappa shape index (κ1) is 18.7. The lowest BCUT2D eigenvalue weighted by atomic mass is 9.75. The second-order valence-electron chi connectivity index (χ2n) is 7.80. The summed E-state index contributed by atoms with van der Waals surface area (Å²) in [4.78, 5) is 34.1. The highest BCUT2D eigenvalue weighted by atomic mass is 16.2. The van der Waals surface area contributed by atoms with E-state index in [2.05, 4.69) is 20.2 Å². The predicted molar refractivity (Wildman–Crippen MR) is 107 cm³/mol. The summed E-state index contributed by atoms with van der Waals surface area (Å²) in [6.45, 7) is 1.67. The molecule has 0 unspecified atom stereocenters. The van der Waals surface area contributed by atoms with E-state index in [-0.39, 0.29) is 11.4 Å². The lowest BCUT2D eigenvalue weighted by Crippen LogP contribution is -2.52. The fourth-order valence-corrected chi connectivity index (χ4v) is 4.72. The van der Waals surface area contributed by atoms with Gasteiger partial charge in [0.15, 0.2) is 0 Å². The summed E-state index contributed by atoms with van der Waals surface area (Å²) in [5, 5.41) is 2.91. The highest BCUT2D eigenvalue weighted by Gasteiger charge is 2.44. The maximum Gasteiger partial charge on any atom is 0.248 e. The number of hydrogen-bond acceptors (Lipinski definition) is 4. The summed E-state index contributed by atoms with van der Waals surface area (Å²) in [5.41, 5.74) is 8.80. The normalized spacial score (nSPS) is 18.6.